The third-order valence-electron chi connectivity index (χ3n) is 3.33. The molecule has 0 aliphatic heterocycles. The van der Waals surface area contributed by atoms with Gasteiger partial charge in [-0.05, 0) is 30.0 Å². The van der Waals surface area contributed by atoms with Crippen molar-refractivity contribution in [2.75, 3.05) is 0 Å². The molecule has 8 heteroatoms. The van der Waals surface area contributed by atoms with Crippen molar-refractivity contribution in [3.8, 4) is 0 Å². The van der Waals surface area contributed by atoms with Gasteiger partial charge in [0.1, 0.15) is 5.82 Å². The smallest absolute Gasteiger partial charge is 0.235 e. The normalized spacial score (nSPS) is 13.1. The molecule has 23 heavy (non-hydrogen) atoms. The van der Waals surface area contributed by atoms with E-state index in [1.807, 2.05) is 0 Å². The highest BCUT2D eigenvalue weighted by Crippen LogP contribution is 2.29. The zero-order valence-electron chi connectivity index (χ0n) is 12.9. The van der Waals surface area contributed by atoms with Crippen LogP contribution in [0.2, 0.25) is 0 Å². The van der Waals surface area contributed by atoms with Crippen LogP contribution in [0.5, 0.6) is 0 Å². The first-order valence-electron chi connectivity index (χ1n) is 7.38. The standard InChI is InChI=1S/C15H18FN5S2/c1-9(2)7-12(17)13-18-19-14-21(13)20-15(23-14)22-8-10-3-5-11(16)6-4-10/h3-6,9,12H,7-8,17H2,1-2H3. The fourth-order valence-corrected chi connectivity index (χ4v) is 4.08. The Labute approximate surface area is 142 Å². The molecule has 3 aromatic rings. The van der Waals surface area contributed by atoms with Gasteiger partial charge in [0.2, 0.25) is 4.96 Å². The second-order valence-corrected chi connectivity index (χ2v) is 7.95. The van der Waals surface area contributed by atoms with Crippen LogP contribution in [0.4, 0.5) is 4.39 Å². The molecule has 0 aliphatic rings. The predicted molar refractivity (Wildman–Crippen MR) is 91.0 cm³/mol. The Hall–Kier alpha value is -1.51. The number of nitrogens with zero attached hydrogens (tertiary/aromatic N) is 4. The maximum Gasteiger partial charge on any atom is 0.235 e. The van der Waals surface area contributed by atoms with Crippen molar-refractivity contribution < 1.29 is 4.39 Å². The number of hydrogen-bond donors (Lipinski definition) is 1. The third kappa shape index (κ3) is 3.88. The summed E-state index contributed by atoms with van der Waals surface area (Å²) >= 11 is 3.09. The average molecular weight is 351 g/mol. The van der Waals surface area contributed by atoms with Crippen LogP contribution in [0, 0.1) is 11.7 Å². The summed E-state index contributed by atoms with van der Waals surface area (Å²) in [5.41, 5.74) is 7.25. The van der Waals surface area contributed by atoms with Crippen molar-refractivity contribution in [1.29, 1.82) is 0 Å². The molecule has 2 aromatic heterocycles. The number of rotatable bonds is 6. The lowest BCUT2D eigenvalue weighted by Gasteiger charge is -2.10. The lowest BCUT2D eigenvalue weighted by atomic mass is 10.0. The fourth-order valence-electron chi connectivity index (χ4n) is 2.24. The molecule has 0 radical (unpaired) electrons. The Morgan fingerprint density at radius 3 is 2.70 bits per heavy atom. The van der Waals surface area contributed by atoms with Gasteiger partial charge in [-0.25, -0.2) is 4.39 Å². The summed E-state index contributed by atoms with van der Waals surface area (Å²) in [6.45, 7) is 4.26. The zero-order chi connectivity index (χ0) is 16.4. The quantitative estimate of drug-likeness (QED) is 0.686. The second kappa shape index (κ2) is 6.94. The van der Waals surface area contributed by atoms with Crippen molar-refractivity contribution in [1.82, 2.24) is 19.8 Å². The van der Waals surface area contributed by atoms with Crippen LogP contribution in [0.3, 0.4) is 0 Å². The van der Waals surface area contributed by atoms with Gasteiger partial charge in [0.15, 0.2) is 10.2 Å². The van der Waals surface area contributed by atoms with E-state index in [9.17, 15) is 4.39 Å². The SMILES string of the molecule is CC(C)CC(N)c1nnc2sc(SCc3ccc(F)cc3)nn12. The molecule has 2 N–H and O–H groups in total. The Bertz CT molecular complexity index is 781. The molecule has 3 rings (SSSR count). The number of halogens is 1. The Morgan fingerprint density at radius 1 is 1.26 bits per heavy atom. The van der Waals surface area contributed by atoms with Gasteiger partial charge in [-0.2, -0.15) is 4.52 Å². The molecule has 0 aliphatic carbocycles. The van der Waals surface area contributed by atoms with Gasteiger partial charge in [0, 0.05) is 5.75 Å². The number of fused-ring (bicyclic) bond motifs is 1. The van der Waals surface area contributed by atoms with E-state index in [1.54, 1.807) is 28.4 Å². The maximum atomic E-state index is 12.9. The van der Waals surface area contributed by atoms with Crippen molar-refractivity contribution in [3.05, 3.63) is 41.5 Å². The van der Waals surface area contributed by atoms with Gasteiger partial charge in [-0.1, -0.05) is 49.1 Å². The van der Waals surface area contributed by atoms with Crippen LogP contribution in [-0.4, -0.2) is 19.8 Å². The maximum absolute atomic E-state index is 12.9. The highest BCUT2D eigenvalue weighted by atomic mass is 32.2. The second-order valence-electron chi connectivity index (χ2n) is 5.77. The minimum atomic E-state index is -0.221. The lowest BCUT2D eigenvalue weighted by Crippen LogP contribution is -2.16. The van der Waals surface area contributed by atoms with Gasteiger partial charge >= 0.3 is 0 Å². The topological polar surface area (TPSA) is 69.1 Å². The van der Waals surface area contributed by atoms with Crippen LogP contribution >= 0.6 is 23.1 Å². The fraction of sp³-hybridized carbons (Fsp3) is 0.400. The Kier molecular flexibility index (Phi) is 4.93. The summed E-state index contributed by atoms with van der Waals surface area (Å²) in [6, 6.07) is 6.34. The molecule has 0 saturated heterocycles. The summed E-state index contributed by atoms with van der Waals surface area (Å²) in [5, 5.41) is 12.9. The minimum Gasteiger partial charge on any atom is -0.321 e. The number of hydrogen-bond acceptors (Lipinski definition) is 6. The first kappa shape index (κ1) is 16.4. The van der Waals surface area contributed by atoms with Crippen molar-refractivity contribution in [2.45, 2.75) is 36.4 Å². The van der Waals surface area contributed by atoms with Gasteiger partial charge in [0.05, 0.1) is 6.04 Å². The van der Waals surface area contributed by atoms with Crippen LogP contribution in [0.25, 0.3) is 4.96 Å². The first-order chi connectivity index (χ1) is 11.0. The average Bonchev–Trinajstić information content (AvgIpc) is 3.05. The highest BCUT2D eigenvalue weighted by molar-refractivity contribution is 8.00. The Balaban J connectivity index is 1.73. The van der Waals surface area contributed by atoms with Crippen LogP contribution in [-0.2, 0) is 5.75 Å². The summed E-state index contributed by atoms with van der Waals surface area (Å²) < 4.78 is 15.6. The van der Waals surface area contributed by atoms with Crippen LogP contribution in [0.15, 0.2) is 28.6 Å². The molecule has 122 valence electrons. The first-order valence-corrected chi connectivity index (χ1v) is 9.18. The van der Waals surface area contributed by atoms with E-state index in [-0.39, 0.29) is 11.9 Å². The number of thioether (sulfide) groups is 1. The van der Waals surface area contributed by atoms with E-state index < -0.39 is 0 Å². The molecule has 0 bridgehead atoms. The van der Waals surface area contributed by atoms with E-state index in [2.05, 4.69) is 29.1 Å². The van der Waals surface area contributed by atoms with E-state index in [4.69, 9.17) is 5.73 Å². The lowest BCUT2D eigenvalue weighted by molar-refractivity contribution is 0.485. The molecule has 0 fully saturated rings. The summed E-state index contributed by atoms with van der Waals surface area (Å²) in [4.78, 5) is 0.751. The highest BCUT2D eigenvalue weighted by Gasteiger charge is 2.18. The van der Waals surface area contributed by atoms with Gasteiger partial charge in [-0.15, -0.1) is 15.3 Å². The van der Waals surface area contributed by atoms with E-state index >= 15 is 0 Å². The van der Waals surface area contributed by atoms with Gasteiger partial charge < -0.3 is 5.73 Å². The molecular formula is C15H18FN5S2. The summed E-state index contributed by atoms with van der Waals surface area (Å²) in [5.74, 6) is 1.71. The number of nitrogens with two attached hydrogens (primary N) is 1. The summed E-state index contributed by atoms with van der Waals surface area (Å²) in [6.07, 6.45) is 0.844. The zero-order valence-corrected chi connectivity index (χ0v) is 14.6. The molecule has 0 spiro atoms. The van der Waals surface area contributed by atoms with Crippen molar-refractivity contribution in [2.24, 2.45) is 11.7 Å². The van der Waals surface area contributed by atoms with Crippen LogP contribution < -0.4 is 5.73 Å². The molecule has 1 aromatic carbocycles. The van der Waals surface area contributed by atoms with E-state index in [1.165, 1.54) is 23.5 Å². The van der Waals surface area contributed by atoms with Crippen LogP contribution in [0.1, 0.15) is 37.7 Å². The van der Waals surface area contributed by atoms with Crippen molar-refractivity contribution in [3.63, 3.8) is 0 Å². The number of aromatic nitrogens is 4. The molecule has 1 atom stereocenters. The summed E-state index contributed by atoms with van der Waals surface area (Å²) in [7, 11) is 0. The van der Waals surface area contributed by atoms with E-state index in [0.29, 0.717) is 11.7 Å². The van der Waals surface area contributed by atoms with E-state index in [0.717, 1.165) is 27.0 Å². The third-order valence-corrected chi connectivity index (χ3v) is 5.43. The monoisotopic (exact) mass is 351 g/mol. The largest absolute Gasteiger partial charge is 0.321 e. The molecular weight excluding hydrogens is 333 g/mol. The van der Waals surface area contributed by atoms with Gasteiger partial charge in [0.25, 0.3) is 0 Å². The molecule has 1 unspecified atom stereocenters. The van der Waals surface area contributed by atoms with Crippen molar-refractivity contribution >= 4 is 28.1 Å². The molecule has 2 heterocycles. The minimum absolute atomic E-state index is 0.165. The molecule has 0 saturated carbocycles. The number of benzene rings is 1. The van der Waals surface area contributed by atoms with Gasteiger partial charge in [-0.3, -0.25) is 0 Å². The molecule has 0 amide bonds. The Morgan fingerprint density at radius 2 is 2.00 bits per heavy atom. The predicted octanol–water partition coefficient (Wildman–Crippen LogP) is 3.66. The molecule has 5 nitrogen and oxygen atoms in total.